The molecule has 1 aliphatic heterocycles. The summed E-state index contributed by atoms with van der Waals surface area (Å²) in [5, 5.41) is 0. The third kappa shape index (κ3) is 4.44. The van der Waals surface area contributed by atoms with Gasteiger partial charge in [-0.2, -0.15) is 0 Å². The summed E-state index contributed by atoms with van der Waals surface area (Å²) in [5.74, 6) is 0.0999. The second-order valence-corrected chi connectivity index (χ2v) is 5.52. The first-order valence-corrected chi connectivity index (χ1v) is 7.28. The van der Waals surface area contributed by atoms with Gasteiger partial charge in [0.05, 0.1) is 12.5 Å². The van der Waals surface area contributed by atoms with Crippen LogP contribution >= 0.6 is 0 Å². The maximum absolute atomic E-state index is 12.3. The Morgan fingerprint density at radius 2 is 2.11 bits per heavy atom. The number of carbonyl (C=O) groups excluding carboxylic acids is 1. The smallest absolute Gasteiger partial charge is 0.227 e. The van der Waals surface area contributed by atoms with Crippen molar-refractivity contribution in [2.75, 3.05) is 39.9 Å². The number of carbonyl (C=O) groups is 1. The van der Waals surface area contributed by atoms with Gasteiger partial charge in [0.25, 0.3) is 0 Å². The summed E-state index contributed by atoms with van der Waals surface area (Å²) >= 11 is 0. The van der Waals surface area contributed by atoms with Gasteiger partial charge in [0.15, 0.2) is 0 Å². The summed E-state index contributed by atoms with van der Waals surface area (Å²) < 4.78 is 5.14. The summed E-state index contributed by atoms with van der Waals surface area (Å²) in [5.41, 5.74) is 5.83. The molecule has 5 heteroatoms. The third-order valence-corrected chi connectivity index (χ3v) is 4.15. The van der Waals surface area contributed by atoms with Crippen LogP contribution in [0.4, 0.5) is 0 Å². The molecule has 0 aliphatic carbocycles. The van der Waals surface area contributed by atoms with Crippen LogP contribution in [0.1, 0.15) is 27.2 Å². The molecule has 1 amide bonds. The van der Waals surface area contributed by atoms with E-state index in [0.29, 0.717) is 6.04 Å². The van der Waals surface area contributed by atoms with Crippen LogP contribution in [0.3, 0.4) is 0 Å². The van der Waals surface area contributed by atoms with Gasteiger partial charge in [-0.05, 0) is 13.3 Å². The standard InChI is InChI=1S/C14H29N3O2/c1-5-13-10-17(14(18)11(2)12(3)15)7-6-16(13)8-9-19-4/h11-13H,5-10,15H2,1-4H3. The minimum atomic E-state index is -0.0944. The molecule has 1 saturated heterocycles. The van der Waals surface area contributed by atoms with Gasteiger partial charge >= 0.3 is 0 Å². The van der Waals surface area contributed by atoms with Crippen molar-refractivity contribution >= 4 is 5.91 Å². The average Bonchev–Trinajstić information content (AvgIpc) is 2.43. The van der Waals surface area contributed by atoms with Gasteiger partial charge in [-0.25, -0.2) is 0 Å². The second-order valence-electron chi connectivity index (χ2n) is 5.52. The molecule has 0 aromatic carbocycles. The van der Waals surface area contributed by atoms with Crippen molar-refractivity contribution in [3.63, 3.8) is 0 Å². The molecule has 0 aromatic rings. The van der Waals surface area contributed by atoms with E-state index in [2.05, 4.69) is 11.8 Å². The maximum atomic E-state index is 12.3. The Balaban J connectivity index is 2.56. The summed E-state index contributed by atoms with van der Waals surface area (Å²) in [6.45, 7) is 10.2. The normalized spacial score (nSPS) is 24.3. The van der Waals surface area contributed by atoms with Gasteiger partial charge in [-0.15, -0.1) is 0 Å². The number of nitrogens with two attached hydrogens (primary N) is 1. The molecule has 3 unspecified atom stereocenters. The van der Waals surface area contributed by atoms with Crippen LogP contribution in [-0.4, -0.2) is 67.7 Å². The number of hydrogen-bond donors (Lipinski definition) is 1. The van der Waals surface area contributed by atoms with Crippen molar-refractivity contribution < 1.29 is 9.53 Å². The zero-order valence-corrected chi connectivity index (χ0v) is 12.8. The predicted octanol–water partition coefficient (Wildman–Crippen LogP) is 0.539. The van der Waals surface area contributed by atoms with Crippen molar-refractivity contribution in [2.24, 2.45) is 11.7 Å². The van der Waals surface area contributed by atoms with E-state index in [1.54, 1.807) is 7.11 Å². The van der Waals surface area contributed by atoms with Crippen molar-refractivity contribution in [1.29, 1.82) is 0 Å². The molecule has 19 heavy (non-hydrogen) atoms. The fraction of sp³-hybridized carbons (Fsp3) is 0.929. The molecule has 0 spiro atoms. The first kappa shape index (κ1) is 16.4. The van der Waals surface area contributed by atoms with Crippen LogP contribution < -0.4 is 5.73 Å². The lowest BCUT2D eigenvalue weighted by Crippen LogP contribution is -2.57. The molecule has 0 bridgehead atoms. The van der Waals surface area contributed by atoms with Gasteiger partial charge in [0.2, 0.25) is 5.91 Å². The fourth-order valence-corrected chi connectivity index (χ4v) is 2.50. The highest BCUT2D eigenvalue weighted by Gasteiger charge is 2.31. The molecule has 3 atom stereocenters. The Bertz CT molecular complexity index is 284. The Morgan fingerprint density at radius 1 is 1.42 bits per heavy atom. The molecule has 2 N–H and O–H groups in total. The van der Waals surface area contributed by atoms with Crippen LogP contribution in [0.15, 0.2) is 0 Å². The number of ether oxygens (including phenoxy) is 1. The van der Waals surface area contributed by atoms with E-state index in [1.807, 2.05) is 18.7 Å². The highest BCUT2D eigenvalue weighted by molar-refractivity contribution is 5.79. The monoisotopic (exact) mass is 271 g/mol. The van der Waals surface area contributed by atoms with Gasteiger partial charge in [0, 0.05) is 45.4 Å². The van der Waals surface area contributed by atoms with Crippen molar-refractivity contribution in [2.45, 2.75) is 39.3 Å². The number of hydrogen-bond acceptors (Lipinski definition) is 4. The van der Waals surface area contributed by atoms with E-state index >= 15 is 0 Å². The van der Waals surface area contributed by atoms with Gasteiger partial charge < -0.3 is 15.4 Å². The summed E-state index contributed by atoms with van der Waals surface area (Å²) in [6, 6.07) is 0.354. The highest BCUT2D eigenvalue weighted by Crippen LogP contribution is 2.16. The molecule has 0 aromatic heterocycles. The van der Waals surface area contributed by atoms with Crippen LogP contribution in [0.5, 0.6) is 0 Å². The van der Waals surface area contributed by atoms with Crippen molar-refractivity contribution in [1.82, 2.24) is 9.80 Å². The fourth-order valence-electron chi connectivity index (χ4n) is 2.50. The quantitative estimate of drug-likeness (QED) is 0.766. The molecule has 1 aliphatic rings. The van der Waals surface area contributed by atoms with Gasteiger partial charge in [-0.1, -0.05) is 13.8 Å². The number of piperazine rings is 1. The maximum Gasteiger partial charge on any atom is 0.227 e. The van der Waals surface area contributed by atoms with Crippen LogP contribution in [0, 0.1) is 5.92 Å². The zero-order valence-electron chi connectivity index (χ0n) is 12.8. The first-order valence-electron chi connectivity index (χ1n) is 7.28. The molecule has 1 fully saturated rings. The van der Waals surface area contributed by atoms with Crippen molar-refractivity contribution in [3.8, 4) is 0 Å². The second kappa shape index (κ2) is 7.82. The molecule has 5 nitrogen and oxygen atoms in total. The number of nitrogens with zero attached hydrogens (tertiary/aromatic N) is 2. The summed E-state index contributed by atoms with van der Waals surface area (Å²) in [4.78, 5) is 16.7. The Kier molecular flexibility index (Phi) is 6.75. The largest absolute Gasteiger partial charge is 0.383 e. The highest BCUT2D eigenvalue weighted by atomic mass is 16.5. The summed E-state index contributed by atoms with van der Waals surface area (Å²) in [6.07, 6.45) is 1.06. The molecule has 1 heterocycles. The number of amides is 1. The molecule has 0 radical (unpaired) electrons. The van der Waals surface area contributed by atoms with Gasteiger partial charge in [0.1, 0.15) is 0 Å². The third-order valence-electron chi connectivity index (χ3n) is 4.15. The molecular weight excluding hydrogens is 242 g/mol. The van der Waals surface area contributed by atoms with E-state index in [4.69, 9.17) is 10.5 Å². The minimum Gasteiger partial charge on any atom is -0.383 e. The Morgan fingerprint density at radius 3 is 2.63 bits per heavy atom. The molecule has 112 valence electrons. The number of methoxy groups -OCH3 is 1. The summed E-state index contributed by atoms with van der Waals surface area (Å²) in [7, 11) is 1.73. The van der Waals surface area contributed by atoms with E-state index in [-0.39, 0.29) is 17.9 Å². The van der Waals surface area contributed by atoms with Crippen LogP contribution in [0.25, 0.3) is 0 Å². The molecular formula is C14H29N3O2. The van der Waals surface area contributed by atoms with E-state index in [1.165, 1.54) is 0 Å². The molecule has 1 rings (SSSR count). The number of rotatable bonds is 6. The van der Waals surface area contributed by atoms with E-state index in [9.17, 15) is 4.79 Å². The van der Waals surface area contributed by atoms with Crippen LogP contribution in [0.2, 0.25) is 0 Å². The topological polar surface area (TPSA) is 58.8 Å². The van der Waals surface area contributed by atoms with E-state index < -0.39 is 0 Å². The molecule has 0 saturated carbocycles. The van der Waals surface area contributed by atoms with Crippen LogP contribution in [-0.2, 0) is 9.53 Å². The Labute approximate surface area is 117 Å². The van der Waals surface area contributed by atoms with E-state index in [0.717, 1.165) is 39.2 Å². The lowest BCUT2D eigenvalue weighted by Gasteiger charge is -2.42. The average molecular weight is 271 g/mol. The van der Waals surface area contributed by atoms with Gasteiger partial charge in [-0.3, -0.25) is 9.69 Å². The SMILES string of the molecule is CCC1CN(C(=O)C(C)C(C)N)CCN1CCOC. The van der Waals surface area contributed by atoms with Crippen molar-refractivity contribution in [3.05, 3.63) is 0 Å². The Hall–Kier alpha value is -0.650. The lowest BCUT2D eigenvalue weighted by atomic mass is 10.0. The predicted molar refractivity (Wildman–Crippen MR) is 76.9 cm³/mol. The minimum absolute atomic E-state index is 0.0842. The lowest BCUT2D eigenvalue weighted by molar-refractivity contribution is -0.138. The first-order chi connectivity index (χ1) is 9.01. The zero-order chi connectivity index (χ0) is 14.4.